The molecular formula is H2Na4O4S2+2. The second-order valence-electron chi connectivity index (χ2n) is 0.448. The average molecular weight is 222 g/mol. The maximum absolute atomic E-state index is 8.74. The fourth-order valence-corrected chi connectivity index (χ4v) is 0. The number of hydrogen-bond acceptors (Lipinski definition) is 2. The summed E-state index contributed by atoms with van der Waals surface area (Å²) < 4.78 is 31.6. The van der Waals surface area contributed by atoms with Gasteiger partial charge in [0, 0.05) is 0 Å². The van der Waals surface area contributed by atoms with Crippen LogP contribution in [0.4, 0.5) is 0 Å². The van der Waals surface area contributed by atoms with E-state index in [4.69, 9.17) is 17.5 Å². The molecule has 0 saturated carbocycles. The van der Waals surface area contributed by atoms with Crippen molar-refractivity contribution in [3.05, 3.63) is 0 Å². The molecular weight excluding hydrogens is 220 g/mol. The van der Waals surface area contributed by atoms with Crippen molar-refractivity contribution < 1.29 is 136 Å². The van der Waals surface area contributed by atoms with Crippen molar-refractivity contribution in [3.63, 3.8) is 0 Å². The Morgan fingerprint density at radius 1 is 0.800 bits per heavy atom. The average Bonchev–Trinajstić information content (AvgIpc) is 0.722. The number of rotatable bonds is 0. The Bertz CT molecular complexity index is 98.4. The molecule has 0 aliphatic rings. The van der Waals surface area contributed by atoms with Crippen LogP contribution < -0.4 is 118 Å². The molecule has 10 heavy (non-hydrogen) atoms. The first-order valence-electron chi connectivity index (χ1n) is 0.698. The van der Waals surface area contributed by atoms with Gasteiger partial charge in [-0.25, -0.2) is 0 Å². The Labute approximate surface area is 156 Å². The molecule has 2 N–H and O–H groups in total. The Morgan fingerprint density at radius 2 is 0.800 bits per heavy atom. The van der Waals surface area contributed by atoms with Crippen molar-refractivity contribution in [2.75, 3.05) is 0 Å². The zero-order valence-corrected chi connectivity index (χ0v) is 16.2. The van der Waals surface area contributed by atoms with Gasteiger partial charge in [0.05, 0.1) is 0 Å². The maximum Gasteiger partial charge on any atom is 1.00 e. The van der Waals surface area contributed by atoms with Gasteiger partial charge in [-0.1, -0.05) is 0 Å². The quantitative estimate of drug-likeness (QED) is 0.315. The molecule has 40 valence electrons. The van der Waals surface area contributed by atoms with Gasteiger partial charge in [0.25, 0.3) is 0 Å². The molecule has 0 atom stereocenters. The van der Waals surface area contributed by atoms with Crippen molar-refractivity contribution in [1.82, 2.24) is 0 Å². The first-order valence-corrected chi connectivity index (χ1v) is 2.10. The van der Waals surface area contributed by atoms with Gasteiger partial charge in [-0.2, -0.15) is 8.42 Å². The Hall–Kier alpha value is 4.22. The normalized spacial score (nSPS) is 5.80. The second-order valence-corrected chi connectivity index (χ2v) is 1.34. The van der Waals surface area contributed by atoms with Crippen LogP contribution in [0.1, 0.15) is 0 Å². The molecule has 0 bridgehead atoms. The predicted molar refractivity (Wildman–Crippen MR) is 21.5 cm³/mol. The second kappa shape index (κ2) is 18.9. The van der Waals surface area contributed by atoms with E-state index < -0.39 is 10.4 Å². The first kappa shape index (κ1) is 36.8. The van der Waals surface area contributed by atoms with Gasteiger partial charge in [-0.15, -0.1) is 0 Å². The van der Waals surface area contributed by atoms with Crippen molar-refractivity contribution in [3.8, 4) is 0 Å². The number of hydrogen-bond donors (Lipinski definition) is 2. The van der Waals surface area contributed by atoms with Crippen LogP contribution in [0.15, 0.2) is 0 Å². The molecule has 0 unspecified atom stereocenters. The summed E-state index contributed by atoms with van der Waals surface area (Å²) in [6.07, 6.45) is 0. The minimum absolute atomic E-state index is 0. The summed E-state index contributed by atoms with van der Waals surface area (Å²) in [5.41, 5.74) is 0. The van der Waals surface area contributed by atoms with Gasteiger partial charge in [-0.05, 0) is 0 Å². The molecule has 0 radical (unpaired) electrons. The predicted octanol–water partition coefficient (Wildman–Crippen LogP) is -12.6. The molecule has 0 rings (SSSR count). The topological polar surface area (TPSA) is 74.6 Å². The third-order valence-electron chi connectivity index (χ3n) is 0. The molecule has 10 heteroatoms. The third kappa shape index (κ3) is 86.4. The molecule has 0 heterocycles. The third-order valence-corrected chi connectivity index (χ3v) is 0. The minimum Gasteiger partial charge on any atom is -2.00 e. The molecule has 0 aromatic heterocycles. The molecule has 0 amide bonds. The van der Waals surface area contributed by atoms with Crippen molar-refractivity contribution in [2.24, 2.45) is 0 Å². The monoisotopic (exact) mass is 222 g/mol. The standard InChI is InChI=1S/4Na.H2O4S.S/c;;;;1-5(2,3)4;/h;;;;(H2,1,2,3,4);/q4*+1;;-2. The van der Waals surface area contributed by atoms with Gasteiger partial charge >= 0.3 is 129 Å². The van der Waals surface area contributed by atoms with E-state index in [0.717, 1.165) is 0 Å². The minimum atomic E-state index is -4.67. The van der Waals surface area contributed by atoms with E-state index in [1.54, 1.807) is 0 Å². The van der Waals surface area contributed by atoms with Crippen LogP contribution in [0.3, 0.4) is 0 Å². The van der Waals surface area contributed by atoms with Gasteiger partial charge in [0.15, 0.2) is 0 Å². The summed E-state index contributed by atoms with van der Waals surface area (Å²) in [5, 5.41) is 0. The fourth-order valence-electron chi connectivity index (χ4n) is 0. The molecule has 4 nitrogen and oxygen atoms in total. The van der Waals surface area contributed by atoms with Crippen molar-refractivity contribution in [2.45, 2.75) is 0 Å². The summed E-state index contributed by atoms with van der Waals surface area (Å²) in [6.45, 7) is 0. The van der Waals surface area contributed by atoms with Gasteiger partial charge in [-0.3, -0.25) is 9.11 Å². The fraction of sp³-hybridized carbons (Fsp3) is 0. The molecule has 0 aromatic carbocycles. The maximum atomic E-state index is 8.74. The van der Waals surface area contributed by atoms with Crippen LogP contribution in [-0.4, -0.2) is 17.5 Å². The summed E-state index contributed by atoms with van der Waals surface area (Å²) in [5.74, 6) is 0. The largest absolute Gasteiger partial charge is 2.00 e. The molecule has 0 saturated heterocycles. The van der Waals surface area contributed by atoms with Crippen LogP contribution in [0.5, 0.6) is 0 Å². The van der Waals surface area contributed by atoms with Gasteiger partial charge < -0.3 is 13.5 Å². The van der Waals surface area contributed by atoms with E-state index in [9.17, 15) is 0 Å². The van der Waals surface area contributed by atoms with E-state index in [0.29, 0.717) is 0 Å². The van der Waals surface area contributed by atoms with Crippen LogP contribution in [0.2, 0.25) is 0 Å². The summed E-state index contributed by atoms with van der Waals surface area (Å²) in [7, 11) is -4.67. The van der Waals surface area contributed by atoms with E-state index in [1.165, 1.54) is 0 Å². The SMILES string of the molecule is O=S(=O)(O)O.[Na+].[Na+].[Na+].[Na+].[S-2]. The van der Waals surface area contributed by atoms with E-state index in [1.807, 2.05) is 0 Å². The van der Waals surface area contributed by atoms with Gasteiger partial charge in [0.1, 0.15) is 0 Å². The first-order chi connectivity index (χ1) is 2.00. The van der Waals surface area contributed by atoms with Crippen LogP contribution in [0, 0.1) is 0 Å². The van der Waals surface area contributed by atoms with Crippen molar-refractivity contribution in [1.29, 1.82) is 0 Å². The molecule has 0 aliphatic carbocycles. The van der Waals surface area contributed by atoms with Crippen LogP contribution in [0.25, 0.3) is 0 Å². The molecule has 0 fully saturated rings. The summed E-state index contributed by atoms with van der Waals surface area (Å²) >= 11 is 0. The zero-order valence-electron chi connectivity index (χ0n) is 6.53. The van der Waals surface area contributed by atoms with Crippen molar-refractivity contribution >= 4 is 23.9 Å². The van der Waals surface area contributed by atoms with E-state index in [2.05, 4.69) is 0 Å². The molecule has 0 aliphatic heterocycles. The Balaban J connectivity index is -0.00000000800. The molecule has 0 spiro atoms. The smallest absolute Gasteiger partial charge is 1.00 e. The Morgan fingerprint density at radius 3 is 0.800 bits per heavy atom. The van der Waals surface area contributed by atoms with Crippen LogP contribution in [-0.2, 0) is 23.9 Å². The summed E-state index contributed by atoms with van der Waals surface area (Å²) in [4.78, 5) is 0. The van der Waals surface area contributed by atoms with E-state index in [-0.39, 0.29) is 132 Å². The summed E-state index contributed by atoms with van der Waals surface area (Å²) in [6, 6.07) is 0. The Kier molecular flexibility index (Phi) is 69.5. The molecule has 0 aromatic rings. The van der Waals surface area contributed by atoms with E-state index >= 15 is 0 Å². The van der Waals surface area contributed by atoms with Gasteiger partial charge in [0.2, 0.25) is 0 Å². The van der Waals surface area contributed by atoms with Crippen LogP contribution >= 0.6 is 0 Å². The zero-order chi connectivity index (χ0) is 4.50.